The van der Waals surface area contributed by atoms with Gasteiger partial charge in [0.2, 0.25) is 0 Å². The van der Waals surface area contributed by atoms with Crippen LogP contribution in [-0.4, -0.2) is 0 Å². The number of benzene rings is 1. The number of aryl methyl sites for hydroxylation is 1. The van der Waals surface area contributed by atoms with Gasteiger partial charge in [-0.25, -0.2) is 0 Å². The highest BCUT2D eigenvalue weighted by Crippen LogP contribution is 2.21. The first-order valence-corrected chi connectivity index (χ1v) is 5.13. The second-order valence-electron chi connectivity index (χ2n) is 3.54. The molecule has 0 saturated carbocycles. The Morgan fingerprint density at radius 1 is 1.38 bits per heavy atom. The molecule has 1 aromatic rings. The Morgan fingerprint density at radius 3 is 2.62 bits per heavy atom. The molecule has 13 heavy (non-hydrogen) atoms. The molecule has 0 nitrogen and oxygen atoms in total. The first-order chi connectivity index (χ1) is 6.13. The van der Waals surface area contributed by atoms with Crippen molar-refractivity contribution in [2.24, 2.45) is 0 Å². The lowest BCUT2D eigenvalue weighted by Gasteiger charge is -2.08. The summed E-state index contributed by atoms with van der Waals surface area (Å²) in [5.74, 6) is 0.314. The van der Waals surface area contributed by atoms with E-state index in [0.717, 1.165) is 17.9 Å². The van der Waals surface area contributed by atoms with Gasteiger partial charge < -0.3 is 0 Å². The van der Waals surface area contributed by atoms with Gasteiger partial charge in [0.15, 0.2) is 0 Å². The van der Waals surface area contributed by atoms with E-state index in [-0.39, 0.29) is 0 Å². The van der Waals surface area contributed by atoms with Crippen LogP contribution in [0.1, 0.15) is 37.3 Å². The first-order valence-electron chi connectivity index (χ1n) is 4.76. The molecule has 0 saturated heterocycles. The molecule has 1 atom stereocenters. The Balaban J connectivity index is 2.96. The zero-order chi connectivity index (χ0) is 9.84. The average molecular weight is 196 g/mol. The molecule has 1 heteroatoms. The number of halogens is 1. The van der Waals surface area contributed by atoms with E-state index in [9.17, 15) is 0 Å². The van der Waals surface area contributed by atoms with Crippen LogP contribution in [0.5, 0.6) is 0 Å². The predicted molar refractivity (Wildman–Crippen MR) is 59.2 cm³/mol. The lowest BCUT2D eigenvalue weighted by atomic mass is 9.99. The second kappa shape index (κ2) is 4.66. The first kappa shape index (κ1) is 10.6. The molecule has 0 amide bonds. The van der Waals surface area contributed by atoms with E-state index in [0.29, 0.717) is 5.92 Å². The third kappa shape index (κ3) is 3.04. The number of hydrogen-bond donors (Lipinski definition) is 0. The van der Waals surface area contributed by atoms with Crippen LogP contribution in [0.25, 0.3) is 0 Å². The summed E-state index contributed by atoms with van der Waals surface area (Å²) in [5.41, 5.74) is 2.55. The van der Waals surface area contributed by atoms with Crippen molar-refractivity contribution in [1.29, 1.82) is 0 Å². The summed E-state index contributed by atoms with van der Waals surface area (Å²) < 4.78 is 0. The van der Waals surface area contributed by atoms with E-state index in [1.165, 1.54) is 11.1 Å². The Kier molecular flexibility index (Phi) is 3.80. The van der Waals surface area contributed by atoms with Gasteiger partial charge in [-0.2, -0.15) is 0 Å². The maximum absolute atomic E-state index is 6.00. The van der Waals surface area contributed by atoms with Gasteiger partial charge in [0.25, 0.3) is 0 Å². The molecule has 1 unspecified atom stereocenters. The summed E-state index contributed by atoms with van der Waals surface area (Å²) >= 11 is 6.00. The molecule has 0 spiro atoms. The lowest BCUT2D eigenvalue weighted by Crippen LogP contribution is -1.91. The van der Waals surface area contributed by atoms with Crippen LogP contribution in [0.2, 0.25) is 5.02 Å². The summed E-state index contributed by atoms with van der Waals surface area (Å²) in [6.45, 7) is 8.25. The van der Waals surface area contributed by atoms with Crippen molar-refractivity contribution in [2.75, 3.05) is 0 Å². The highest BCUT2D eigenvalue weighted by atomic mass is 35.5. The molecule has 0 aromatic heterocycles. The molecule has 0 fully saturated rings. The maximum Gasteiger partial charge on any atom is 0.0411 e. The van der Waals surface area contributed by atoms with Crippen LogP contribution in [0.15, 0.2) is 18.2 Å². The topological polar surface area (TPSA) is 0 Å². The minimum atomic E-state index is 0.314. The van der Waals surface area contributed by atoms with Crippen molar-refractivity contribution in [2.45, 2.75) is 32.6 Å². The van der Waals surface area contributed by atoms with E-state index >= 15 is 0 Å². The quantitative estimate of drug-likeness (QED) is 0.677. The largest absolute Gasteiger partial charge is 0.0843 e. The van der Waals surface area contributed by atoms with E-state index in [1.54, 1.807) is 0 Å². The molecular weight excluding hydrogens is 180 g/mol. The van der Waals surface area contributed by atoms with E-state index in [2.05, 4.69) is 26.8 Å². The zero-order valence-electron chi connectivity index (χ0n) is 8.31. The molecule has 0 aliphatic rings. The fourth-order valence-electron chi connectivity index (χ4n) is 1.39. The van der Waals surface area contributed by atoms with Gasteiger partial charge in [-0.3, -0.25) is 0 Å². The summed E-state index contributed by atoms with van der Waals surface area (Å²) in [6.07, 6.45) is 2.26. The van der Waals surface area contributed by atoms with Crippen molar-refractivity contribution >= 4 is 11.6 Å². The van der Waals surface area contributed by atoms with Crippen molar-refractivity contribution < 1.29 is 0 Å². The summed E-state index contributed by atoms with van der Waals surface area (Å²) in [4.78, 5) is 0. The fraction of sp³-hybridized carbons (Fsp3) is 0.417. The Labute approximate surface area is 85.9 Å². The molecule has 1 rings (SSSR count). The van der Waals surface area contributed by atoms with Gasteiger partial charge in [0.05, 0.1) is 0 Å². The maximum atomic E-state index is 6.00. The van der Waals surface area contributed by atoms with Crippen molar-refractivity contribution in [3.8, 4) is 0 Å². The molecule has 71 valence electrons. The van der Waals surface area contributed by atoms with Gasteiger partial charge in [0, 0.05) is 5.02 Å². The van der Waals surface area contributed by atoms with E-state index in [4.69, 9.17) is 11.6 Å². The van der Waals surface area contributed by atoms with Gasteiger partial charge in [-0.05, 0) is 42.5 Å². The van der Waals surface area contributed by atoms with Crippen LogP contribution in [0, 0.1) is 6.92 Å². The van der Waals surface area contributed by atoms with E-state index < -0.39 is 0 Å². The highest BCUT2D eigenvalue weighted by molar-refractivity contribution is 6.30. The smallest absolute Gasteiger partial charge is 0.0411 e. The standard InChI is InChI=1S/C12H16Cl/c1-4-5-10-6-11(9(2)3)8-12(13)7-10/h6-9H,2,4-5H2,1,3H3. The van der Waals surface area contributed by atoms with Gasteiger partial charge in [-0.1, -0.05) is 37.9 Å². The average Bonchev–Trinajstić information content (AvgIpc) is 2.03. The van der Waals surface area contributed by atoms with Gasteiger partial charge in [-0.15, -0.1) is 0 Å². The molecule has 1 radical (unpaired) electrons. The van der Waals surface area contributed by atoms with Crippen molar-refractivity contribution in [3.63, 3.8) is 0 Å². The van der Waals surface area contributed by atoms with Crippen LogP contribution in [-0.2, 0) is 6.42 Å². The predicted octanol–water partition coefficient (Wildman–Crippen LogP) is 4.23. The molecule has 1 aromatic carbocycles. The van der Waals surface area contributed by atoms with Crippen LogP contribution in [0.4, 0.5) is 0 Å². The number of rotatable bonds is 3. The number of hydrogen-bond acceptors (Lipinski definition) is 0. The zero-order valence-corrected chi connectivity index (χ0v) is 9.06. The highest BCUT2D eigenvalue weighted by Gasteiger charge is 2.02. The van der Waals surface area contributed by atoms with Crippen LogP contribution in [0.3, 0.4) is 0 Å². The second-order valence-corrected chi connectivity index (χ2v) is 3.98. The third-order valence-electron chi connectivity index (χ3n) is 2.09. The SMILES string of the molecule is [CH2]C(C)c1cc(Cl)cc(CCC)c1. The fourth-order valence-corrected chi connectivity index (χ4v) is 1.66. The van der Waals surface area contributed by atoms with Crippen LogP contribution >= 0.6 is 11.6 Å². The Bertz CT molecular complexity index is 276. The van der Waals surface area contributed by atoms with Crippen molar-refractivity contribution in [1.82, 2.24) is 0 Å². The molecule has 0 aliphatic carbocycles. The van der Waals surface area contributed by atoms with Gasteiger partial charge >= 0.3 is 0 Å². The summed E-state index contributed by atoms with van der Waals surface area (Å²) in [6, 6.07) is 6.24. The Hall–Kier alpha value is -0.490. The minimum Gasteiger partial charge on any atom is -0.0843 e. The molecule has 0 bridgehead atoms. The third-order valence-corrected chi connectivity index (χ3v) is 2.31. The monoisotopic (exact) mass is 195 g/mol. The molecule has 0 aliphatic heterocycles. The van der Waals surface area contributed by atoms with Crippen molar-refractivity contribution in [3.05, 3.63) is 41.3 Å². The molecule has 0 N–H and O–H groups in total. The van der Waals surface area contributed by atoms with E-state index in [1.807, 2.05) is 12.1 Å². The summed E-state index contributed by atoms with van der Waals surface area (Å²) in [5, 5.41) is 0.830. The normalized spacial score (nSPS) is 10.8. The summed E-state index contributed by atoms with van der Waals surface area (Å²) in [7, 11) is 0. The minimum absolute atomic E-state index is 0.314. The molecular formula is C12H16Cl. The lowest BCUT2D eigenvalue weighted by molar-refractivity contribution is 0.904. The van der Waals surface area contributed by atoms with Gasteiger partial charge in [0.1, 0.15) is 0 Å². The van der Waals surface area contributed by atoms with Crippen LogP contribution < -0.4 is 0 Å². The Morgan fingerprint density at radius 2 is 2.08 bits per heavy atom. The molecule has 0 heterocycles.